The molecule has 0 saturated heterocycles. The second-order valence-corrected chi connectivity index (χ2v) is 10.2. The Morgan fingerprint density at radius 3 is 1.21 bits per heavy atom. The average Bonchev–Trinajstić information content (AvgIpc) is 2.74. The van der Waals surface area contributed by atoms with Gasteiger partial charge in [0.2, 0.25) is 0 Å². The first-order valence-corrected chi connectivity index (χ1v) is 13.9. The predicted molar refractivity (Wildman–Crippen MR) is 144 cm³/mol. The van der Waals surface area contributed by atoms with Crippen molar-refractivity contribution in [2.75, 3.05) is 14.2 Å². The van der Waals surface area contributed by atoms with Crippen LogP contribution < -0.4 is 0 Å². The molecule has 0 heterocycles. The Hall–Kier alpha value is -1.24. The third kappa shape index (κ3) is 9.08. The van der Waals surface area contributed by atoms with Crippen LogP contribution in [0, 0.1) is 41.5 Å². The van der Waals surface area contributed by atoms with Crippen molar-refractivity contribution >= 4 is 43.0 Å². The SMILES string of the molecule is COC([N-]C(OC)C(C)=Nc1c(C)cc(C)cc1C)C(C)=Nc1c(C)cc(C)cc1C.[Cl][Fe+][Cl]. The van der Waals surface area contributed by atoms with Gasteiger partial charge in [-0.15, -0.1) is 0 Å². The molecule has 5 nitrogen and oxygen atoms in total. The van der Waals surface area contributed by atoms with Crippen molar-refractivity contribution in [2.24, 2.45) is 9.98 Å². The molecule has 34 heavy (non-hydrogen) atoms. The van der Waals surface area contributed by atoms with E-state index in [0.29, 0.717) is 0 Å². The summed E-state index contributed by atoms with van der Waals surface area (Å²) >= 11 is 0.194. The molecule has 0 aromatic heterocycles. The van der Waals surface area contributed by atoms with Crippen molar-refractivity contribution in [3.63, 3.8) is 0 Å². The monoisotopic (exact) mass is 548 g/mol. The molecular formula is C26H36Cl2FeN3O2. The third-order valence-electron chi connectivity index (χ3n) is 5.28. The van der Waals surface area contributed by atoms with Crippen LogP contribution in [0.1, 0.15) is 47.2 Å². The van der Waals surface area contributed by atoms with Gasteiger partial charge in [-0.2, -0.15) is 0 Å². The zero-order valence-corrected chi connectivity index (χ0v) is 24.3. The van der Waals surface area contributed by atoms with E-state index in [4.69, 9.17) is 45.0 Å². The van der Waals surface area contributed by atoms with Crippen LogP contribution in [0.15, 0.2) is 34.3 Å². The number of benzene rings is 2. The Labute approximate surface area is 220 Å². The molecule has 0 aliphatic rings. The van der Waals surface area contributed by atoms with Gasteiger partial charge >= 0.3 is 33.3 Å². The molecule has 0 N–H and O–H groups in total. The second kappa shape index (κ2) is 15.0. The number of ether oxygens (including phenoxy) is 2. The molecule has 2 aromatic rings. The van der Waals surface area contributed by atoms with Crippen molar-refractivity contribution in [1.29, 1.82) is 0 Å². The standard InChI is InChI=1S/C26H36N3O2.2ClH.Fe/c1-15-11-17(3)23(18(4)12-15)27-21(7)25(30-9)29-26(31-10)22(8)28-24-19(5)13-16(2)14-20(24)6;;;/h11-14,25-26H,1-10H3;2*1H;/q-1;;;+3/p-2. The molecule has 0 aliphatic heterocycles. The minimum atomic E-state index is -0.532. The molecule has 0 bridgehead atoms. The molecule has 0 amide bonds. The number of rotatable bonds is 8. The van der Waals surface area contributed by atoms with Crippen molar-refractivity contribution in [2.45, 2.75) is 67.8 Å². The summed E-state index contributed by atoms with van der Waals surface area (Å²) in [6.07, 6.45) is -1.06. The van der Waals surface area contributed by atoms with Gasteiger partial charge < -0.3 is 14.8 Å². The summed E-state index contributed by atoms with van der Waals surface area (Å²) in [5.41, 5.74) is 10.5. The summed E-state index contributed by atoms with van der Waals surface area (Å²) in [4.78, 5) is 9.68. The van der Waals surface area contributed by atoms with E-state index in [2.05, 4.69) is 65.8 Å². The van der Waals surface area contributed by atoms with Gasteiger partial charge in [0.15, 0.2) is 0 Å². The van der Waals surface area contributed by atoms with E-state index >= 15 is 0 Å². The average molecular weight is 549 g/mol. The van der Waals surface area contributed by atoms with Gasteiger partial charge in [0, 0.05) is 38.1 Å². The van der Waals surface area contributed by atoms with Gasteiger partial charge in [-0.05, 0) is 77.6 Å². The number of hydrogen-bond donors (Lipinski definition) is 0. The fourth-order valence-corrected chi connectivity index (χ4v) is 3.96. The van der Waals surface area contributed by atoms with Gasteiger partial charge in [-0.1, -0.05) is 35.4 Å². The summed E-state index contributed by atoms with van der Waals surface area (Å²) in [7, 11) is 12.8. The fraction of sp³-hybridized carbons (Fsp3) is 0.462. The molecule has 0 aliphatic carbocycles. The number of nitrogens with zero attached hydrogens (tertiary/aromatic N) is 3. The molecule has 0 spiro atoms. The third-order valence-corrected chi connectivity index (χ3v) is 5.28. The maximum absolute atomic E-state index is 5.65. The fourth-order valence-electron chi connectivity index (χ4n) is 3.96. The molecule has 0 fully saturated rings. The van der Waals surface area contributed by atoms with E-state index in [1.165, 1.54) is 11.1 Å². The van der Waals surface area contributed by atoms with E-state index < -0.39 is 12.5 Å². The summed E-state index contributed by atoms with van der Waals surface area (Å²) in [5, 5.41) is 4.75. The van der Waals surface area contributed by atoms with Crippen LogP contribution in [0.4, 0.5) is 11.4 Å². The van der Waals surface area contributed by atoms with Gasteiger partial charge in [-0.25, -0.2) is 0 Å². The summed E-state index contributed by atoms with van der Waals surface area (Å²) < 4.78 is 11.3. The predicted octanol–water partition coefficient (Wildman–Crippen LogP) is 8.12. The van der Waals surface area contributed by atoms with Crippen molar-refractivity contribution in [1.82, 2.24) is 0 Å². The Kier molecular flexibility index (Phi) is 13.6. The van der Waals surface area contributed by atoms with Gasteiger partial charge in [0.25, 0.3) is 0 Å². The zero-order valence-electron chi connectivity index (χ0n) is 21.7. The van der Waals surface area contributed by atoms with Crippen LogP contribution in [-0.2, 0) is 22.6 Å². The first-order valence-electron chi connectivity index (χ1n) is 10.9. The summed E-state index contributed by atoms with van der Waals surface area (Å²) in [6, 6.07) is 8.55. The summed E-state index contributed by atoms with van der Waals surface area (Å²) in [5.74, 6) is 0. The number of hydrogen-bond acceptors (Lipinski definition) is 4. The zero-order chi connectivity index (χ0) is 26.0. The molecular weight excluding hydrogens is 513 g/mol. The number of methoxy groups -OCH3 is 2. The molecule has 8 heteroatoms. The van der Waals surface area contributed by atoms with E-state index in [0.717, 1.165) is 45.1 Å². The number of aryl methyl sites for hydroxylation is 6. The topological polar surface area (TPSA) is 57.3 Å². The van der Waals surface area contributed by atoms with E-state index in [1.54, 1.807) is 14.2 Å². The molecule has 2 atom stereocenters. The Balaban J connectivity index is 0.00000182. The molecule has 0 radical (unpaired) electrons. The van der Waals surface area contributed by atoms with E-state index in [9.17, 15) is 0 Å². The number of halogens is 2. The van der Waals surface area contributed by atoms with Gasteiger partial charge in [-0.3, -0.25) is 9.98 Å². The Morgan fingerprint density at radius 2 is 0.971 bits per heavy atom. The van der Waals surface area contributed by atoms with Crippen LogP contribution in [0.25, 0.3) is 5.32 Å². The van der Waals surface area contributed by atoms with Crippen LogP contribution in [0.2, 0.25) is 0 Å². The first-order chi connectivity index (χ1) is 16.0. The van der Waals surface area contributed by atoms with Gasteiger partial charge in [0.05, 0.1) is 11.4 Å². The van der Waals surface area contributed by atoms with Gasteiger partial charge in [0.1, 0.15) is 0 Å². The van der Waals surface area contributed by atoms with Crippen LogP contribution >= 0.6 is 20.2 Å². The maximum atomic E-state index is 5.65. The molecule has 0 saturated carbocycles. The Bertz CT molecular complexity index is 900. The summed E-state index contributed by atoms with van der Waals surface area (Å²) in [6.45, 7) is 16.4. The number of aliphatic imine (C=N–C) groups is 2. The van der Waals surface area contributed by atoms with Crippen molar-refractivity contribution in [3.8, 4) is 0 Å². The quantitative estimate of drug-likeness (QED) is 0.247. The first kappa shape index (κ1) is 30.8. The molecule has 2 rings (SSSR count). The molecule has 189 valence electrons. The minimum absolute atomic E-state index is 0.194. The normalized spacial score (nSPS) is 13.9. The molecule has 2 unspecified atom stereocenters. The van der Waals surface area contributed by atoms with E-state index in [1.807, 2.05) is 13.8 Å². The van der Waals surface area contributed by atoms with Crippen LogP contribution in [0.3, 0.4) is 0 Å². The second-order valence-electron chi connectivity index (χ2n) is 8.38. The Morgan fingerprint density at radius 1 is 0.706 bits per heavy atom. The van der Waals surface area contributed by atoms with Crippen molar-refractivity contribution < 1.29 is 22.6 Å². The van der Waals surface area contributed by atoms with Crippen LogP contribution in [-0.4, -0.2) is 38.1 Å². The van der Waals surface area contributed by atoms with Crippen molar-refractivity contribution in [3.05, 3.63) is 63.0 Å². The molecule has 2 aromatic carbocycles. The van der Waals surface area contributed by atoms with E-state index in [-0.39, 0.29) is 13.1 Å². The van der Waals surface area contributed by atoms with Crippen LogP contribution in [0.5, 0.6) is 0 Å².